The van der Waals surface area contributed by atoms with Crippen LogP contribution in [0.25, 0.3) is 0 Å². The lowest BCUT2D eigenvalue weighted by molar-refractivity contribution is 0.253. The minimum atomic E-state index is -3.54. The van der Waals surface area contributed by atoms with Crippen molar-refractivity contribution in [2.75, 3.05) is 19.7 Å². The maximum Gasteiger partial charge on any atom is 0.243 e. The SMILES string of the molecule is CC=CCN(CC[C@@H](C)CCO)S(=O)(=O)c1ccc(Cl)cc1. The van der Waals surface area contributed by atoms with Crippen LogP contribution in [0.15, 0.2) is 41.3 Å². The van der Waals surface area contributed by atoms with Crippen LogP contribution in [0, 0.1) is 5.92 Å². The third-order valence-electron chi connectivity index (χ3n) is 3.49. The van der Waals surface area contributed by atoms with Gasteiger partial charge in [0.1, 0.15) is 0 Å². The molecule has 124 valence electrons. The van der Waals surface area contributed by atoms with E-state index >= 15 is 0 Å². The molecule has 4 nitrogen and oxygen atoms in total. The van der Waals surface area contributed by atoms with Gasteiger partial charge in [-0.25, -0.2) is 8.42 Å². The van der Waals surface area contributed by atoms with E-state index in [-0.39, 0.29) is 17.4 Å². The number of aliphatic hydroxyl groups is 1. The van der Waals surface area contributed by atoms with Crippen molar-refractivity contribution < 1.29 is 13.5 Å². The Morgan fingerprint density at radius 2 is 1.91 bits per heavy atom. The highest BCUT2D eigenvalue weighted by Gasteiger charge is 2.23. The average molecular weight is 346 g/mol. The molecule has 1 rings (SSSR count). The summed E-state index contributed by atoms with van der Waals surface area (Å²) in [5, 5.41) is 9.46. The highest BCUT2D eigenvalue weighted by atomic mass is 35.5. The summed E-state index contributed by atoms with van der Waals surface area (Å²) >= 11 is 5.82. The van der Waals surface area contributed by atoms with Crippen LogP contribution in [0.3, 0.4) is 0 Å². The summed E-state index contributed by atoms with van der Waals surface area (Å²) in [6.45, 7) is 4.77. The molecule has 0 saturated carbocycles. The first-order chi connectivity index (χ1) is 10.4. The molecule has 1 aromatic carbocycles. The monoisotopic (exact) mass is 345 g/mol. The molecule has 0 saturated heterocycles. The van der Waals surface area contributed by atoms with Crippen molar-refractivity contribution in [2.45, 2.75) is 31.6 Å². The van der Waals surface area contributed by atoms with Crippen molar-refractivity contribution in [2.24, 2.45) is 5.92 Å². The minimum absolute atomic E-state index is 0.125. The highest BCUT2D eigenvalue weighted by molar-refractivity contribution is 7.89. The summed E-state index contributed by atoms with van der Waals surface area (Å²) in [5.41, 5.74) is 0. The maximum absolute atomic E-state index is 12.7. The Labute approximate surface area is 138 Å². The first-order valence-corrected chi connectivity index (χ1v) is 9.21. The van der Waals surface area contributed by atoms with Gasteiger partial charge in [-0.2, -0.15) is 4.31 Å². The van der Waals surface area contributed by atoms with Crippen molar-refractivity contribution >= 4 is 21.6 Å². The van der Waals surface area contributed by atoms with E-state index in [1.165, 1.54) is 16.4 Å². The number of benzene rings is 1. The standard InChI is InChI=1S/C16H24ClNO3S/c1-3-4-11-18(12-9-14(2)10-13-19)22(20,21)16-7-5-15(17)6-8-16/h3-8,14,19H,9-13H2,1-2H3/t14-/m1/s1. The molecular formula is C16H24ClNO3S. The van der Waals surface area contributed by atoms with Crippen molar-refractivity contribution in [3.8, 4) is 0 Å². The Morgan fingerprint density at radius 3 is 2.45 bits per heavy atom. The van der Waals surface area contributed by atoms with Crippen LogP contribution < -0.4 is 0 Å². The lowest BCUT2D eigenvalue weighted by atomic mass is 10.1. The molecule has 0 heterocycles. The van der Waals surface area contributed by atoms with Gasteiger partial charge in [0.2, 0.25) is 10.0 Å². The number of hydrogen-bond acceptors (Lipinski definition) is 3. The molecule has 0 aliphatic rings. The molecule has 0 fully saturated rings. The molecule has 22 heavy (non-hydrogen) atoms. The molecule has 0 aromatic heterocycles. The number of nitrogens with zero attached hydrogens (tertiary/aromatic N) is 1. The minimum Gasteiger partial charge on any atom is -0.396 e. The first-order valence-electron chi connectivity index (χ1n) is 7.39. The summed E-state index contributed by atoms with van der Waals surface area (Å²) in [6, 6.07) is 6.21. The number of halogens is 1. The summed E-state index contributed by atoms with van der Waals surface area (Å²) < 4.78 is 26.9. The van der Waals surface area contributed by atoms with Gasteiger partial charge in [-0.05, 0) is 49.9 Å². The molecule has 0 amide bonds. The summed E-state index contributed by atoms with van der Waals surface area (Å²) in [7, 11) is -3.54. The second kappa shape index (κ2) is 9.30. The fraction of sp³-hybridized carbons (Fsp3) is 0.500. The van der Waals surface area contributed by atoms with Gasteiger partial charge in [-0.3, -0.25) is 0 Å². The molecule has 0 bridgehead atoms. The zero-order valence-electron chi connectivity index (χ0n) is 13.1. The smallest absolute Gasteiger partial charge is 0.243 e. The molecular weight excluding hydrogens is 322 g/mol. The Balaban J connectivity index is 2.91. The number of rotatable bonds is 9. The second-order valence-corrected chi connectivity index (χ2v) is 7.67. The van der Waals surface area contributed by atoms with Crippen LogP contribution in [0.5, 0.6) is 0 Å². The topological polar surface area (TPSA) is 57.6 Å². The average Bonchev–Trinajstić information content (AvgIpc) is 2.47. The van der Waals surface area contributed by atoms with Crippen LogP contribution in [-0.2, 0) is 10.0 Å². The predicted octanol–water partition coefficient (Wildman–Crippen LogP) is 3.32. The van der Waals surface area contributed by atoms with Crippen molar-refractivity contribution in [1.82, 2.24) is 4.31 Å². The normalized spacial score (nSPS) is 13.9. The maximum atomic E-state index is 12.7. The third kappa shape index (κ3) is 5.72. The molecule has 0 spiro atoms. The van der Waals surface area contributed by atoms with E-state index in [1.807, 2.05) is 26.0 Å². The Kier molecular flexibility index (Phi) is 8.10. The molecule has 0 aliphatic heterocycles. The van der Waals surface area contributed by atoms with Gasteiger partial charge in [0.05, 0.1) is 4.90 Å². The largest absolute Gasteiger partial charge is 0.396 e. The van der Waals surface area contributed by atoms with Crippen molar-refractivity contribution in [3.63, 3.8) is 0 Å². The summed E-state index contributed by atoms with van der Waals surface area (Å²) in [4.78, 5) is 0.246. The van der Waals surface area contributed by atoms with Crippen LogP contribution in [0.4, 0.5) is 0 Å². The fourth-order valence-electron chi connectivity index (χ4n) is 2.02. The lowest BCUT2D eigenvalue weighted by Gasteiger charge is -2.22. The molecule has 1 atom stereocenters. The third-order valence-corrected chi connectivity index (χ3v) is 5.62. The Bertz CT molecular complexity index is 570. The zero-order valence-corrected chi connectivity index (χ0v) is 14.6. The number of sulfonamides is 1. The second-order valence-electron chi connectivity index (χ2n) is 5.29. The van der Waals surface area contributed by atoms with E-state index < -0.39 is 10.0 Å². The summed E-state index contributed by atoms with van der Waals surface area (Å²) in [6.07, 6.45) is 5.05. The van der Waals surface area contributed by atoms with E-state index in [9.17, 15) is 8.42 Å². The van der Waals surface area contributed by atoms with Gasteiger partial charge in [-0.1, -0.05) is 30.7 Å². The zero-order chi connectivity index (χ0) is 16.6. The van der Waals surface area contributed by atoms with Gasteiger partial charge in [0.25, 0.3) is 0 Å². The van der Waals surface area contributed by atoms with Gasteiger partial charge < -0.3 is 5.11 Å². The van der Waals surface area contributed by atoms with Crippen LogP contribution >= 0.6 is 11.6 Å². The number of aliphatic hydroxyl groups excluding tert-OH is 1. The van der Waals surface area contributed by atoms with E-state index in [1.54, 1.807) is 12.1 Å². The van der Waals surface area contributed by atoms with Gasteiger partial charge in [-0.15, -0.1) is 0 Å². The van der Waals surface area contributed by atoms with E-state index in [0.29, 0.717) is 31.0 Å². The van der Waals surface area contributed by atoms with Crippen molar-refractivity contribution in [1.29, 1.82) is 0 Å². The van der Waals surface area contributed by atoms with Crippen LogP contribution in [-0.4, -0.2) is 37.5 Å². The van der Waals surface area contributed by atoms with Gasteiger partial charge >= 0.3 is 0 Å². The van der Waals surface area contributed by atoms with Gasteiger partial charge in [0, 0.05) is 24.7 Å². The first kappa shape index (κ1) is 19.2. The quantitative estimate of drug-likeness (QED) is 0.698. The van der Waals surface area contributed by atoms with E-state index in [2.05, 4.69) is 0 Å². The Morgan fingerprint density at radius 1 is 1.27 bits per heavy atom. The van der Waals surface area contributed by atoms with E-state index in [4.69, 9.17) is 16.7 Å². The molecule has 0 radical (unpaired) electrons. The number of allylic oxidation sites excluding steroid dienone is 1. The summed E-state index contributed by atoms with van der Waals surface area (Å²) in [5.74, 6) is 0.276. The lowest BCUT2D eigenvalue weighted by Crippen LogP contribution is -2.33. The molecule has 1 aromatic rings. The molecule has 0 aliphatic carbocycles. The van der Waals surface area contributed by atoms with Gasteiger partial charge in [0.15, 0.2) is 0 Å². The predicted molar refractivity (Wildman–Crippen MR) is 90.5 cm³/mol. The molecule has 0 unspecified atom stereocenters. The van der Waals surface area contributed by atoms with Crippen LogP contribution in [0.2, 0.25) is 5.02 Å². The van der Waals surface area contributed by atoms with Crippen LogP contribution in [0.1, 0.15) is 26.7 Å². The molecule has 1 N–H and O–H groups in total. The number of hydrogen-bond donors (Lipinski definition) is 1. The Hall–Kier alpha value is -0.880. The highest BCUT2D eigenvalue weighted by Crippen LogP contribution is 2.20. The van der Waals surface area contributed by atoms with Crippen molar-refractivity contribution in [3.05, 3.63) is 41.4 Å². The fourth-order valence-corrected chi connectivity index (χ4v) is 3.55. The molecule has 6 heteroatoms. The van der Waals surface area contributed by atoms with E-state index in [0.717, 1.165) is 0 Å².